The zero-order chi connectivity index (χ0) is 18.2. The average Bonchev–Trinajstić information content (AvgIpc) is 2.91. The Balaban J connectivity index is 1.76. The molecule has 0 N–H and O–H groups in total. The maximum Gasteiger partial charge on any atom is 0.268 e. The molecule has 3 rings (SSSR count). The Labute approximate surface area is 146 Å². The van der Waals surface area contributed by atoms with Gasteiger partial charge in [0, 0.05) is 52.5 Å². The Bertz CT molecular complexity index is 709. The van der Waals surface area contributed by atoms with Crippen molar-refractivity contribution in [2.75, 3.05) is 39.4 Å². The number of halogens is 2. The van der Waals surface area contributed by atoms with Crippen molar-refractivity contribution in [1.82, 2.24) is 19.0 Å². The quantitative estimate of drug-likeness (QED) is 0.786. The van der Waals surface area contributed by atoms with Crippen LogP contribution in [0.3, 0.4) is 0 Å². The minimum Gasteiger partial charge on any atom is -0.381 e. The van der Waals surface area contributed by atoms with Crippen molar-refractivity contribution in [2.24, 2.45) is 7.05 Å². The van der Waals surface area contributed by atoms with E-state index in [0.717, 1.165) is 30.7 Å². The molecule has 10 heteroatoms. The third-order valence-electron chi connectivity index (χ3n) is 5.00. The van der Waals surface area contributed by atoms with E-state index in [2.05, 4.69) is 10.00 Å². The summed E-state index contributed by atoms with van der Waals surface area (Å²) in [5.41, 5.74) is -0.439. The Hall–Kier alpha value is -1.10. The molecule has 2 aliphatic rings. The van der Waals surface area contributed by atoms with Gasteiger partial charge in [0.1, 0.15) is 0 Å². The normalized spacial score (nSPS) is 22.0. The number of aryl methyl sites for hydroxylation is 2. The first-order valence-corrected chi connectivity index (χ1v) is 9.90. The lowest BCUT2D eigenvalue weighted by atomic mass is 10.1. The van der Waals surface area contributed by atoms with Crippen molar-refractivity contribution in [3.63, 3.8) is 0 Å². The van der Waals surface area contributed by atoms with Gasteiger partial charge in [0.15, 0.2) is 5.03 Å². The zero-order valence-electron chi connectivity index (χ0n) is 14.5. The van der Waals surface area contributed by atoms with Crippen LogP contribution < -0.4 is 0 Å². The van der Waals surface area contributed by atoms with E-state index < -0.39 is 22.0 Å². The molecule has 0 spiro atoms. The van der Waals surface area contributed by atoms with Crippen LogP contribution in [0.2, 0.25) is 0 Å². The SMILES string of the molecule is Cc1nn(C)c(S(=O)(=O)N2CCN(C3CCOCC3)CC2)c1C(F)F. The molecule has 0 atom stereocenters. The third kappa shape index (κ3) is 3.57. The molecular formula is C15H24F2N4O3S. The standard InChI is InChI=1S/C15H24F2N4O3S/c1-11-13(14(16)17)15(19(2)18-11)25(22,23)21-7-5-20(6-8-21)12-3-9-24-10-4-12/h12,14H,3-10H2,1-2H3. The maximum absolute atomic E-state index is 13.3. The summed E-state index contributed by atoms with van der Waals surface area (Å²) in [5.74, 6) is 0. The van der Waals surface area contributed by atoms with Crippen LogP contribution in [0, 0.1) is 6.92 Å². The lowest BCUT2D eigenvalue weighted by Crippen LogP contribution is -2.53. The lowest BCUT2D eigenvalue weighted by molar-refractivity contribution is 0.0229. The number of hydrogen-bond acceptors (Lipinski definition) is 5. The van der Waals surface area contributed by atoms with Crippen molar-refractivity contribution in [3.05, 3.63) is 11.3 Å². The van der Waals surface area contributed by atoms with Crippen LogP contribution in [-0.2, 0) is 21.8 Å². The number of nitrogens with zero attached hydrogens (tertiary/aromatic N) is 4. The predicted octanol–water partition coefficient (Wildman–Crippen LogP) is 1.15. The summed E-state index contributed by atoms with van der Waals surface area (Å²) in [4.78, 5) is 2.27. The highest BCUT2D eigenvalue weighted by Gasteiger charge is 2.37. The summed E-state index contributed by atoms with van der Waals surface area (Å²) >= 11 is 0. The smallest absolute Gasteiger partial charge is 0.268 e. The van der Waals surface area contributed by atoms with E-state index in [1.807, 2.05) is 0 Å². The first-order chi connectivity index (χ1) is 11.8. The van der Waals surface area contributed by atoms with Crippen LogP contribution in [0.5, 0.6) is 0 Å². The fourth-order valence-corrected chi connectivity index (χ4v) is 5.47. The van der Waals surface area contributed by atoms with Crippen molar-refractivity contribution in [2.45, 2.75) is 37.3 Å². The summed E-state index contributed by atoms with van der Waals surface area (Å²) in [6.45, 7) is 4.67. The Morgan fingerprint density at radius 1 is 1.16 bits per heavy atom. The number of alkyl halides is 2. The zero-order valence-corrected chi connectivity index (χ0v) is 15.3. The van der Waals surface area contributed by atoms with Gasteiger partial charge in [-0.05, 0) is 19.8 Å². The van der Waals surface area contributed by atoms with Gasteiger partial charge >= 0.3 is 0 Å². The highest BCUT2D eigenvalue weighted by atomic mass is 32.2. The monoisotopic (exact) mass is 378 g/mol. The Kier molecular flexibility index (Phi) is 5.42. The lowest BCUT2D eigenvalue weighted by Gasteiger charge is -2.40. The van der Waals surface area contributed by atoms with Gasteiger partial charge in [0.25, 0.3) is 16.4 Å². The second-order valence-corrected chi connectivity index (χ2v) is 8.37. The Morgan fingerprint density at radius 3 is 2.32 bits per heavy atom. The molecule has 7 nitrogen and oxygen atoms in total. The molecule has 0 radical (unpaired) electrons. The second kappa shape index (κ2) is 7.26. The van der Waals surface area contributed by atoms with E-state index in [-0.39, 0.29) is 10.7 Å². The van der Waals surface area contributed by atoms with E-state index in [1.165, 1.54) is 18.3 Å². The van der Waals surface area contributed by atoms with E-state index in [9.17, 15) is 17.2 Å². The van der Waals surface area contributed by atoms with Gasteiger partial charge in [-0.25, -0.2) is 17.2 Å². The third-order valence-corrected chi connectivity index (χ3v) is 7.01. The summed E-state index contributed by atoms with van der Waals surface area (Å²) in [6, 6.07) is 0.411. The number of hydrogen-bond donors (Lipinski definition) is 0. The van der Waals surface area contributed by atoms with Gasteiger partial charge in [-0.15, -0.1) is 0 Å². The van der Waals surface area contributed by atoms with Crippen molar-refractivity contribution < 1.29 is 21.9 Å². The molecule has 2 fully saturated rings. The number of rotatable bonds is 4. The molecule has 0 bridgehead atoms. The largest absolute Gasteiger partial charge is 0.381 e. The van der Waals surface area contributed by atoms with Gasteiger partial charge in [-0.2, -0.15) is 9.40 Å². The minimum atomic E-state index is -4.00. The molecule has 0 amide bonds. The van der Waals surface area contributed by atoms with Gasteiger partial charge in [-0.3, -0.25) is 9.58 Å². The van der Waals surface area contributed by atoms with Crippen molar-refractivity contribution in [3.8, 4) is 0 Å². The fourth-order valence-electron chi connectivity index (χ4n) is 3.69. The minimum absolute atomic E-state index is 0.0527. The number of sulfonamides is 1. The van der Waals surface area contributed by atoms with Crippen LogP contribution in [0.4, 0.5) is 8.78 Å². The molecule has 0 saturated carbocycles. The molecule has 142 valence electrons. The number of aromatic nitrogens is 2. The highest BCUT2D eigenvalue weighted by Crippen LogP contribution is 2.31. The van der Waals surface area contributed by atoms with E-state index >= 15 is 0 Å². The average molecular weight is 378 g/mol. The van der Waals surface area contributed by atoms with Crippen LogP contribution in [0.1, 0.15) is 30.5 Å². The van der Waals surface area contributed by atoms with Gasteiger partial charge in [0.2, 0.25) is 0 Å². The Morgan fingerprint density at radius 2 is 1.76 bits per heavy atom. The second-order valence-electron chi connectivity index (χ2n) is 6.51. The van der Waals surface area contributed by atoms with Crippen LogP contribution in [0.25, 0.3) is 0 Å². The summed E-state index contributed by atoms with van der Waals surface area (Å²) in [5, 5.41) is 3.50. The molecule has 1 aromatic rings. The van der Waals surface area contributed by atoms with Gasteiger partial charge < -0.3 is 4.74 Å². The summed E-state index contributed by atoms with van der Waals surface area (Å²) in [6.07, 6.45) is -0.978. The topological polar surface area (TPSA) is 67.7 Å². The van der Waals surface area contributed by atoms with Crippen LogP contribution in [-0.4, -0.2) is 72.8 Å². The van der Waals surface area contributed by atoms with Gasteiger partial charge in [-0.1, -0.05) is 0 Å². The molecule has 0 aromatic carbocycles. The molecule has 2 saturated heterocycles. The van der Waals surface area contributed by atoms with Crippen molar-refractivity contribution >= 4 is 10.0 Å². The molecule has 25 heavy (non-hydrogen) atoms. The molecule has 1 aromatic heterocycles. The number of ether oxygens (including phenoxy) is 1. The van der Waals surface area contributed by atoms with Crippen molar-refractivity contribution in [1.29, 1.82) is 0 Å². The predicted molar refractivity (Wildman–Crippen MR) is 87.1 cm³/mol. The van der Waals surface area contributed by atoms with Gasteiger partial charge in [0.05, 0.1) is 11.3 Å². The summed E-state index contributed by atoms with van der Waals surface area (Å²) in [7, 11) is -2.61. The molecule has 0 unspecified atom stereocenters. The first-order valence-electron chi connectivity index (χ1n) is 8.46. The fraction of sp³-hybridized carbons (Fsp3) is 0.800. The van der Waals surface area contributed by atoms with E-state index in [0.29, 0.717) is 32.2 Å². The van der Waals surface area contributed by atoms with Crippen LogP contribution >= 0.6 is 0 Å². The molecule has 2 aliphatic heterocycles. The molecule has 3 heterocycles. The van der Waals surface area contributed by atoms with E-state index in [1.54, 1.807) is 0 Å². The van der Waals surface area contributed by atoms with E-state index in [4.69, 9.17) is 4.74 Å². The molecular weight excluding hydrogens is 354 g/mol. The first kappa shape index (κ1) is 18.7. The highest BCUT2D eigenvalue weighted by molar-refractivity contribution is 7.89. The van der Waals surface area contributed by atoms with Crippen LogP contribution in [0.15, 0.2) is 5.03 Å². The number of piperazine rings is 1. The maximum atomic E-state index is 13.3. The molecule has 0 aliphatic carbocycles. The summed E-state index contributed by atoms with van der Waals surface area (Å²) < 4.78 is 60.3.